The van der Waals surface area contributed by atoms with Crippen molar-refractivity contribution in [3.63, 3.8) is 0 Å². The lowest BCUT2D eigenvalue weighted by atomic mass is 10.2. The van der Waals surface area contributed by atoms with E-state index >= 15 is 0 Å². The van der Waals surface area contributed by atoms with Gasteiger partial charge in [-0.3, -0.25) is 9.69 Å². The van der Waals surface area contributed by atoms with Crippen LogP contribution in [0.2, 0.25) is 0 Å². The van der Waals surface area contributed by atoms with Crippen LogP contribution in [-0.2, 0) is 4.79 Å². The average molecular weight is 275 g/mol. The van der Waals surface area contributed by atoms with E-state index in [1.807, 2.05) is 0 Å². The summed E-state index contributed by atoms with van der Waals surface area (Å²) >= 11 is 3.34. The Hall–Kier alpha value is -0.580. The van der Waals surface area contributed by atoms with Gasteiger partial charge in [-0.1, -0.05) is 15.9 Å². The van der Waals surface area contributed by atoms with Gasteiger partial charge in [0.15, 0.2) is 0 Å². The van der Waals surface area contributed by atoms with Crippen LogP contribution in [0.1, 0.15) is 25.7 Å². The van der Waals surface area contributed by atoms with Crippen LogP contribution in [0.15, 0.2) is 0 Å². The fraction of sp³-hybridized carbons (Fsp3) is 0.800. The second-order valence-electron chi connectivity index (χ2n) is 4.02. The Morgan fingerprint density at radius 1 is 1.33 bits per heavy atom. The fourth-order valence-corrected chi connectivity index (χ4v) is 2.65. The topological polar surface area (TPSA) is 40.6 Å². The van der Waals surface area contributed by atoms with E-state index in [-0.39, 0.29) is 18.0 Å². The maximum Gasteiger partial charge on any atom is 0.327 e. The number of unbranched alkanes of at least 4 members (excludes halogenated alkanes) is 1. The third-order valence-corrected chi connectivity index (χ3v) is 3.61. The molecule has 1 atom stereocenters. The number of carbonyl (C=O) groups excluding carboxylic acids is 2. The quantitative estimate of drug-likeness (QED) is 0.444. The molecule has 0 aromatic carbocycles. The van der Waals surface area contributed by atoms with Gasteiger partial charge >= 0.3 is 6.03 Å². The van der Waals surface area contributed by atoms with Gasteiger partial charge in [-0.2, -0.15) is 0 Å². The van der Waals surface area contributed by atoms with E-state index in [0.717, 1.165) is 37.6 Å². The lowest BCUT2D eigenvalue weighted by Crippen LogP contribution is -2.33. The van der Waals surface area contributed by atoms with Crippen LogP contribution in [0.3, 0.4) is 0 Å². The number of hydrogen-bond donors (Lipinski definition) is 0. The Labute approximate surface area is 97.7 Å². The predicted molar refractivity (Wildman–Crippen MR) is 59.9 cm³/mol. The Morgan fingerprint density at radius 3 is 2.80 bits per heavy atom. The Morgan fingerprint density at radius 2 is 2.13 bits per heavy atom. The fourth-order valence-electron chi connectivity index (χ4n) is 2.25. The van der Waals surface area contributed by atoms with Gasteiger partial charge < -0.3 is 4.90 Å². The molecule has 1 unspecified atom stereocenters. The van der Waals surface area contributed by atoms with E-state index in [0.29, 0.717) is 6.54 Å². The molecule has 5 heteroatoms. The van der Waals surface area contributed by atoms with Gasteiger partial charge in [-0.15, -0.1) is 0 Å². The molecule has 2 aliphatic heterocycles. The monoisotopic (exact) mass is 274 g/mol. The maximum absolute atomic E-state index is 11.8. The molecule has 3 amide bonds. The molecule has 0 aromatic rings. The highest BCUT2D eigenvalue weighted by molar-refractivity contribution is 9.09. The van der Waals surface area contributed by atoms with Crippen LogP contribution in [0.25, 0.3) is 0 Å². The summed E-state index contributed by atoms with van der Waals surface area (Å²) in [4.78, 5) is 26.8. The number of fused-ring (bicyclic) bond motifs is 1. The van der Waals surface area contributed by atoms with Gasteiger partial charge in [-0.25, -0.2) is 4.79 Å². The van der Waals surface area contributed by atoms with Crippen molar-refractivity contribution >= 4 is 27.9 Å². The van der Waals surface area contributed by atoms with Crippen molar-refractivity contribution in [3.05, 3.63) is 0 Å². The summed E-state index contributed by atoms with van der Waals surface area (Å²) in [6.45, 7) is 1.33. The van der Waals surface area contributed by atoms with Crippen molar-refractivity contribution < 1.29 is 9.59 Å². The smallest absolute Gasteiger partial charge is 0.312 e. The number of nitrogens with zero attached hydrogens (tertiary/aromatic N) is 2. The number of alkyl halides is 1. The number of rotatable bonds is 4. The van der Waals surface area contributed by atoms with Crippen molar-refractivity contribution in [2.75, 3.05) is 18.4 Å². The predicted octanol–water partition coefficient (Wildman–Crippen LogP) is 1.59. The highest BCUT2D eigenvalue weighted by Crippen LogP contribution is 2.27. The Balaban J connectivity index is 1.95. The van der Waals surface area contributed by atoms with E-state index in [1.165, 1.54) is 4.90 Å². The normalized spacial score (nSPS) is 25.3. The standard InChI is InChI=1S/C10H15BrN2O2/c11-5-1-2-6-13-9(14)8-4-3-7-12(8)10(13)15/h8H,1-7H2. The first kappa shape index (κ1) is 10.9. The number of imide groups is 1. The molecule has 0 saturated carbocycles. The molecule has 2 saturated heterocycles. The number of halogens is 1. The summed E-state index contributed by atoms with van der Waals surface area (Å²) in [5.74, 6) is 0.0204. The molecular weight excluding hydrogens is 260 g/mol. The highest BCUT2D eigenvalue weighted by atomic mass is 79.9. The maximum atomic E-state index is 11.8. The number of carbonyl (C=O) groups is 2. The van der Waals surface area contributed by atoms with Crippen LogP contribution in [0.5, 0.6) is 0 Å². The molecule has 0 spiro atoms. The number of hydrogen-bond acceptors (Lipinski definition) is 2. The zero-order valence-corrected chi connectivity index (χ0v) is 10.2. The van der Waals surface area contributed by atoms with Crippen LogP contribution in [0.4, 0.5) is 4.79 Å². The summed E-state index contributed by atoms with van der Waals surface area (Å²) in [7, 11) is 0. The van der Waals surface area contributed by atoms with Crippen LogP contribution in [0, 0.1) is 0 Å². The third kappa shape index (κ3) is 1.89. The van der Waals surface area contributed by atoms with Crippen LogP contribution >= 0.6 is 15.9 Å². The first-order valence-electron chi connectivity index (χ1n) is 5.43. The van der Waals surface area contributed by atoms with E-state index in [4.69, 9.17) is 0 Å². The molecule has 84 valence electrons. The molecule has 2 heterocycles. The van der Waals surface area contributed by atoms with Crippen molar-refractivity contribution in [2.45, 2.75) is 31.7 Å². The van der Waals surface area contributed by atoms with Crippen molar-refractivity contribution in [1.29, 1.82) is 0 Å². The molecule has 0 radical (unpaired) electrons. The zero-order chi connectivity index (χ0) is 10.8. The second-order valence-corrected chi connectivity index (χ2v) is 4.81. The lowest BCUT2D eigenvalue weighted by molar-refractivity contribution is -0.128. The molecule has 15 heavy (non-hydrogen) atoms. The molecule has 2 rings (SSSR count). The summed E-state index contributed by atoms with van der Waals surface area (Å²) in [5, 5.41) is 0.927. The van der Waals surface area contributed by atoms with E-state index in [9.17, 15) is 9.59 Å². The molecule has 2 aliphatic rings. The first-order valence-corrected chi connectivity index (χ1v) is 6.56. The van der Waals surface area contributed by atoms with E-state index < -0.39 is 0 Å². The zero-order valence-electron chi connectivity index (χ0n) is 8.62. The molecule has 2 fully saturated rings. The lowest BCUT2D eigenvalue weighted by Gasteiger charge is -2.14. The first-order chi connectivity index (χ1) is 7.25. The number of amides is 3. The summed E-state index contributed by atoms with van der Waals surface area (Å²) in [6, 6.07) is -0.210. The Bertz CT molecular complexity index is 261. The minimum atomic E-state index is -0.138. The van der Waals surface area contributed by atoms with Gasteiger partial charge in [-0.05, 0) is 25.7 Å². The molecule has 0 N–H and O–H groups in total. The SMILES string of the molecule is O=C1C2CCCN2C(=O)N1CCCCBr. The van der Waals surface area contributed by atoms with Gasteiger partial charge in [0, 0.05) is 18.4 Å². The highest BCUT2D eigenvalue weighted by Gasteiger charge is 2.46. The Kier molecular flexibility index (Phi) is 3.29. The summed E-state index contributed by atoms with van der Waals surface area (Å²) < 4.78 is 0. The van der Waals surface area contributed by atoms with Crippen LogP contribution < -0.4 is 0 Å². The average Bonchev–Trinajstić information content (AvgIpc) is 2.77. The molecule has 4 nitrogen and oxygen atoms in total. The van der Waals surface area contributed by atoms with Gasteiger partial charge in [0.25, 0.3) is 5.91 Å². The third-order valence-electron chi connectivity index (χ3n) is 3.05. The minimum Gasteiger partial charge on any atom is -0.312 e. The second kappa shape index (κ2) is 4.51. The van der Waals surface area contributed by atoms with Gasteiger partial charge in [0.2, 0.25) is 0 Å². The van der Waals surface area contributed by atoms with E-state index in [2.05, 4.69) is 15.9 Å². The number of urea groups is 1. The molecular formula is C10H15BrN2O2. The largest absolute Gasteiger partial charge is 0.327 e. The van der Waals surface area contributed by atoms with Gasteiger partial charge in [0.1, 0.15) is 6.04 Å². The molecule has 0 bridgehead atoms. The van der Waals surface area contributed by atoms with Crippen molar-refractivity contribution in [3.8, 4) is 0 Å². The summed E-state index contributed by atoms with van der Waals surface area (Å²) in [5.41, 5.74) is 0. The van der Waals surface area contributed by atoms with Crippen molar-refractivity contribution in [2.24, 2.45) is 0 Å². The minimum absolute atomic E-state index is 0.0204. The van der Waals surface area contributed by atoms with Gasteiger partial charge in [0.05, 0.1) is 0 Å². The van der Waals surface area contributed by atoms with E-state index in [1.54, 1.807) is 4.90 Å². The summed E-state index contributed by atoms with van der Waals surface area (Å²) in [6.07, 6.45) is 3.71. The molecule has 0 aromatic heterocycles. The van der Waals surface area contributed by atoms with Crippen molar-refractivity contribution in [1.82, 2.24) is 9.80 Å². The molecule has 0 aliphatic carbocycles. The van der Waals surface area contributed by atoms with Crippen LogP contribution in [-0.4, -0.2) is 46.2 Å².